The number of carbonyl (C=O) groups excluding carboxylic acids is 1. The zero-order valence-corrected chi connectivity index (χ0v) is 18.3. The first-order valence-corrected chi connectivity index (χ1v) is 10.0. The number of amidine groups is 1. The molecule has 0 spiro atoms. The molecule has 1 amide bonds. The van der Waals surface area contributed by atoms with Crippen LogP contribution >= 0.6 is 35.8 Å². The van der Waals surface area contributed by atoms with Gasteiger partial charge < -0.3 is 15.0 Å². The minimum Gasteiger partial charge on any atom is -0.406 e. The number of alkyl halides is 3. The summed E-state index contributed by atoms with van der Waals surface area (Å²) in [7, 11) is 1.76. The molecule has 1 unspecified atom stereocenters. The van der Waals surface area contributed by atoms with Gasteiger partial charge in [-0.2, -0.15) is 0 Å². The Bertz CT molecular complexity index is 958. The lowest BCUT2D eigenvalue weighted by Crippen LogP contribution is -2.33. The number of ether oxygens (including phenoxy) is 1. The van der Waals surface area contributed by atoms with E-state index >= 15 is 0 Å². The van der Waals surface area contributed by atoms with Crippen molar-refractivity contribution in [1.29, 1.82) is 0 Å². The monoisotopic (exact) mass is 497 g/mol. The Labute approximate surface area is 191 Å². The molecule has 3 rings (SSSR count). The quantitative estimate of drug-likeness (QED) is 0.525. The summed E-state index contributed by atoms with van der Waals surface area (Å²) in [5, 5.41) is 3.37. The predicted octanol–water partition coefficient (Wildman–Crippen LogP) is 5.86. The summed E-state index contributed by atoms with van der Waals surface area (Å²) in [5.74, 6) is -0.724. The maximum absolute atomic E-state index is 13.8. The van der Waals surface area contributed by atoms with E-state index in [1.54, 1.807) is 7.05 Å². The van der Waals surface area contributed by atoms with Crippen molar-refractivity contribution < 1.29 is 27.1 Å². The number of benzene rings is 2. The third-order valence-corrected chi connectivity index (χ3v) is 5.60. The molecule has 1 fully saturated rings. The van der Waals surface area contributed by atoms with E-state index in [1.807, 2.05) is 4.90 Å². The Hall–Kier alpha value is -2.17. The van der Waals surface area contributed by atoms with Crippen LogP contribution in [-0.2, 0) is 4.79 Å². The number of aliphatic imine (C=N–C) groups is 1. The second-order valence-corrected chi connectivity index (χ2v) is 7.81. The molecule has 1 aliphatic heterocycles. The van der Waals surface area contributed by atoms with Gasteiger partial charge in [-0.25, -0.2) is 9.38 Å². The van der Waals surface area contributed by atoms with E-state index < -0.39 is 12.2 Å². The number of nitrogens with zero attached hydrogens (tertiary/aromatic N) is 2. The maximum Gasteiger partial charge on any atom is 0.573 e. The molecular formula is C19H17Cl2F4N3O2S. The standard InChI is InChI=1S/C19H16ClF4N3O2S.ClH/c1-27-13(9-17(28)26-16-7-2-11(20)8-15(16)21)10-30-18(27)25-12-3-5-14(6-4-12)29-19(22,23)24;/h2-8,13H,9-10H2,1H3,(H,26,28);1H/b25-18+;. The summed E-state index contributed by atoms with van der Waals surface area (Å²) in [5.41, 5.74) is 0.500. The molecule has 12 heteroatoms. The highest BCUT2D eigenvalue weighted by Gasteiger charge is 2.31. The van der Waals surface area contributed by atoms with Crippen LogP contribution in [0.15, 0.2) is 47.5 Å². The third kappa shape index (κ3) is 7.19. The Morgan fingerprint density at radius 3 is 2.58 bits per heavy atom. The molecule has 0 aliphatic carbocycles. The van der Waals surface area contributed by atoms with Crippen LogP contribution in [0.5, 0.6) is 5.75 Å². The predicted molar refractivity (Wildman–Crippen MR) is 116 cm³/mol. The van der Waals surface area contributed by atoms with E-state index in [9.17, 15) is 22.4 Å². The van der Waals surface area contributed by atoms with Gasteiger partial charge in [0.2, 0.25) is 5.91 Å². The number of hydrogen-bond donors (Lipinski definition) is 1. The van der Waals surface area contributed by atoms with Crippen molar-refractivity contribution in [2.75, 3.05) is 18.1 Å². The molecule has 0 aromatic heterocycles. The van der Waals surface area contributed by atoms with Crippen LogP contribution in [0, 0.1) is 5.82 Å². The van der Waals surface area contributed by atoms with E-state index in [-0.39, 0.29) is 47.2 Å². The summed E-state index contributed by atoms with van der Waals surface area (Å²) in [4.78, 5) is 18.5. The first-order chi connectivity index (χ1) is 14.1. The third-order valence-electron chi connectivity index (χ3n) is 4.18. The number of thioether (sulfide) groups is 1. The normalized spacial score (nSPS) is 17.4. The number of anilines is 1. The van der Waals surface area contributed by atoms with E-state index in [1.165, 1.54) is 48.2 Å². The largest absolute Gasteiger partial charge is 0.573 e. The number of rotatable bonds is 5. The second-order valence-electron chi connectivity index (χ2n) is 6.39. The highest BCUT2D eigenvalue weighted by Crippen LogP contribution is 2.30. The first kappa shape index (κ1) is 25.1. The van der Waals surface area contributed by atoms with Gasteiger partial charge in [-0.1, -0.05) is 23.4 Å². The summed E-state index contributed by atoms with van der Waals surface area (Å²) < 4.78 is 54.3. The number of carbonyl (C=O) groups is 1. The molecule has 1 heterocycles. The van der Waals surface area contributed by atoms with Gasteiger partial charge in [-0.05, 0) is 42.5 Å². The molecule has 1 atom stereocenters. The number of amides is 1. The van der Waals surface area contributed by atoms with Crippen LogP contribution in [0.2, 0.25) is 5.02 Å². The molecule has 168 valence electrons. The van der Waals surface area contributed by atoms with Crippen molar-refractivity contribution in [3.05, 3.63) is 53.3 Å². The lowest BCUT2D eigenvalue weighted by Gasteiger charge is -2.20. The minimum atomic E-state index is -4.75. The van der Waals surface area contributed by atoms with Crippen molar-refractivity contribution in [1.82, 2.24) is 4.90 Å². The van der Waals surface area contributed by atoms with Gasteiger partial charge in [0, 0.05) is 30.3 Å². The molecule has 1 saturated heterocycles. The van der Waals surface area contributed by atoms with Crippen LogP contribution in [0.3, 0.4) is 0 Å². The van der Waals surface area contributed by atoms with Crippen molar-refractivity contribution in [2.24, 2.45) is 4.99 Å². The Morgan fingerprint density at radius 1 is 1.29 bits per heavy atom. The van der Waals surface area contributed by atoms with Crippen molar-refractivity contribution in [2.45, 2.75) is 18.8 Å². The van der Waals surface area contributed by atoms with Gasteiger partial charge in [0.15, 0.2) is 5.17 Å². The topological polar surface area (TPSA) is 53.9 Å². The molecule has 0 bridgehead atoms. The Balaban J connectivity index is 0.00000341. The molecule has 2 aromatic carbocycles. The number of halogens is 6. The molecule has 1 aliphatic rings. The zero-order valence-electron chi connectivity index (χ0n) is 16.0. The molecule has 2 aromatic rings. The van der Waals surface area contributed by atoms with Gasteiger partial charge in [0.1, 0.15) is 11.6 Å². The molecule has 0 saturated carbocycles. The smallest absolute Gasteiger partial charge is 0.406 e. The number of nitrogens with one attached hydrogen (secondary N) is 1. The van der Waals surface area contributed by atoms with E-state index in [0.29, 0.717) is 16.6 Å². The second kappa shape index (κ2) is 10.4. The van der Waals surface area contributed by atoms with Gasteiger partial charge in [0.25, 0.3) is 0 Å². The average Bonchev–Trinajstić information content (AvgIpc) is 2.98. The fourth-order valence-electron chi connectivity index (χ4n) is 2.69. The van der Waals surface area contributed by atoms with Crippen LogP contribution in [0.1, 0.15) is 6.42 Å². The summed E-state index contributed by atoms with van der Waals surface area (Å²) in [6, 6.07) is 8.99. The van der Waals surface area contributed by atoms with Crippen LogP contribution in [0.25, 0.3) is 0 Å². The van der Waals surface area contributed by atoms with Crippen LogP contribution < -0.4 is 10.1 Å². The fourth-order valence-corrected chi connectivity index (χ4v) is 4.05. The van der Waals surface area contributed by atoms with Crippen molar-refractivity contribution >= 4 is 58.2 Å². The van der Waals surface area contributed by atoms with Gasteiger partial charge >= 0.3 is 6.36 Å². The maximum atomic E-state index is 13.8. The SMILES string of the molecule is CN1/C(=N\c2ccc(OC(F)(F)F)cc2)SCC1CC(=O)Nc1ccc(Cl)cc1F.Cl. The molecule has 1 N–H and O–H groups in total. The molecule has 5 nitrogen and oxygen atoms in total. The number of hydrogen-bond acceptors (Lipinski definition) is 4. The average molecular weight is 498 g/mol. The van der Waals surface area contributed by atoms with Crippen molar-refractivity contribution in [3.8, 4) is 5.75 Å². The first-order valence-electron chi connectivity index (χ1n) is 8.66. The lowest BCUT2D eigenvalue weighted by atomic mass is 10.2. The fraction of sp³-hybridized carbons (Fsp3) is 0.263. The summed E-state index contributed by atoms with van der Waals surface area (Å²) in [6.45, 7) is 0. The van der Waals surface area contributed by atoms with Gasteiger partial charge in [-0.3, -0.25) is 4.79 Å². The highest BCUT2D eigenvalue weighted by molar-refractivity contribution is 8.14. The minimum absolute atomic E-state index is 0. The summed E-state index contributed by atoms with van der Waals surface area (Å²) in [6.07, 6.45) is -4.64. The zero-order chi connectivity index (χ0) is 21.9. The molecule has 31 heavy (non-hydrogen) atoms. The van der Waals surface area contributed by atoms with Crippen molar-refractivity contribution in [3.63, 3.8) is 0 Å². The molecular weight excluding hydrogens is 481 g/mol. The summed E-state index contributed by atoms with van der Waals surface area (Å²) >= 11 is 7.11. The van der Waals surface area contributed by atoms with E-state index in [4.69, 9.17) is 11.6 Å². The van der Waals surface area contributed by atoms with Gasteiger partial charge in [-0.15, -0.1) is 25.6 Å². The highest BCUT2D eigenvalue weighted by atomic mass is 35.5. The van der Waals surface area contributed by atoms with Crippen LogP contribution in [-0.4, -0.2) is 41.2 Å². The Kier molecular flexibility index (Phi) is 8.44. The van der Waals surface area contributed by atoms with E-state index in [2.05, 4.69) is 15.0 Å². The molecule has 0 radical (unpaired) electrons. The van der Waals surface area contributed by atoms with Crippen LogP contribution in [0.4, 0.5) is 28.9 Å². The van der Waals surface area contributed by atoms with Gasteiger partial charge in [0.05, 0.1) is 11.4 Å². The lowest BCUT2D eigenvalue weighted by molar-refractivity contribution is -0.274. The van der Waals surface area contributed by atoms with E-state index in [0.717, 1.165) is 6.07 Å². The Morgan fingerprint density at radius 2 is 1.97 bits per heavy atom.